The first-order valence-electron chi connectivity index (χ1n) is 4.51. The van der Waals surface area contributed by atoms with Gasteiger partial charge in [-0.2, -0.15) is 13.2 Å². The summed E-state index contributed by atoms with van der Waals surface area (Å²) in [4.78, 5) is 11.3. The van der Waals surface area contributed by atoms with Crippen molar-refractivity contribution in [2.75, 3.05) is 6.54 Å². The van der Waals surface area contributed by atoms with Crippen molar-refractivity contribution in [3.05, 3.63) is 35.1 Å². The van der Waals surface area contributed by atoms with Crippen LogP contribution in [0.1, 0.15) is 22.8 Å². The monoisotopic (exact) mass is 235 g/mol. The Morgan fingerprint density at radius 3 is 2.50 bits per heavy atom. The van der Waals surface area contributed by atoms with Gasteiger partial charge in [0.15, 0.2) is 0 Å². The van der Waals surface area contributed by atoms with Crippen LogP contribution in [0.5, 0.6) is 0 Å². The normalized spacial score (nSPS) is 11.3. The number of halogens is 4. The van der Waals surface area contributed by atoms with E-state index in [1.54, 1.807) is 6.92 Å². The van der Waals surface area contributed by atoms with E-state index in [2.05, 4.69) is 5.32 Å². The van der Waals surface area contributed by atoms with E-state index >= 15 is 0 Å². The molecule has 0 atom stereocenters. The van der Waals surface area contributed by atoms with Gasteiger partial charge in [0.25, 0.3) is 5.91 Å². The smallest absolute Gasteiger partial charge is 0.352 e. The van der Waals surface area contributed by atoms with Gasteiger partial charge >= 0.3 is 6.18 Å². The number of hydrogen-bond donors (Lipinski definition) is 1. The van der Waals surface area contributed by atoms with Crippen molar-refractivity contribution in [1.82, 2.24) is 5.32 Å². The molecule has 0 aliphatic rings. The number of carbonyl (C=O) groups is 1. The molecule has 0 fully saturated rings. The molecule has 0 aromatic heterocycles. The summed E-state index contributed by atoms with van der Waals surface area (Å²) in [7, 11) is 0. The van der Waals surface area contributed by atoms with Gasteiger partial charge in [-0.15, -0.1) is 0 Å². The van der Waals surface area contributed by atoms with E-state index in [-0.39, 0.29) is 6.54 Å². The third-order valence-electron chi connectivity index (χ3n) is 1.87. The quantitative estimate of drug-likeness (QED) is 0.784. The van der Waals surface area contributed by atoms with Crippen molar-refractivity contribution in [2.45, 2.75) is 13.1 Å². The molecule has 0 radical (unpaired) electrons. The van der Waals surface area contributed by atoms with Crippen molar-refractivity contribution in [3.8, 4) is 0 Å². The zero-order valence-corrected chi connectivity index (χ0v) is 8.36. The van der Waals surface area contributed by atoms with Gasteiger partial charge in [-0.25, -0.2) is 4.39 Å². The Morgan fingerprint density at radius 1 is 1.38 bits per heavy atom. The van der Waals surface area contributed by atoms with E-state index in [4.69, 9.17) is 0 Å². The zero-order valence-electron chi connectivity index (χ0n) is 8.36. The molecule has 2 nitrogen and oxygen atoms in total. The molecule has 88 valence electrons. The molecule has 0 spiro atoms. The third kappa shape index (κ3) is 2.71. The highest BCUT2D eigenvalue weighted by Gasteiger charge is 2.35. The van der Waals surface area contributed by atoms with E-state index < -0.39 is 29.0 Å². The first kappa shape index (κ1) is 12.5. The van der Waals surface area contributed by atoms with Gasteiger partial charge in [-0.05, 0) is 25.1 Å². The van der Waals surface area contributed by atoms with E-state index in [9.17, 15) is 22.4 Å². The molecule has 0 aliphatic heterocycles. The Morgan fingerprint density at radius 2 is 2.00 bits per heavy atom. The molecular formula is C10H9F4NO. The van der Waals surface area contributed by atoms with Crippen molar-refractivity contribution in [2.24, 2.45) is 0 Å². The van der Waals surface area contributed by atoms with Gasteiger partial charge in [0.2, 0.25) is 0 Å². The van der Waals surface area contributed by atoms with Gasteiger partial charge in [0, 0.05) is 6.54 Å². The Hall–Kier alpha value is -1.59. The van der Waals surface area contributed by atoms with E-state index in [0.717, 1.165) is 12.1 Å². The highest BCUT2D eigenvalue weighted by molar-refractivity contribution is 5.95. The molecule has 1 rings (SSSR count). The predicted molar refractivity (Wildman–Crippen MR) is 49.4 cm³/mol. The summed E-state index contributed by atoms with van der Waals surface area (Å²) in [5, 5.41) is 2.23. The fraction of sp³-hybridized carbons (Fsp3) is 0.300. The molecule has 0 aliphatic carbocycles. The van der Waals surface area contributed by atoms with Crippen LogP contribution in [-0.4, -0.2) is 12.5 Å². The average molecular weight is 235 g/mol. The van der Waals surface area contributed by atoms with Crippen LogP contribution in [0.25, 0.3) is 0 Å². The maximum absolute atomic E-state index is 12.7. The van der Waals surface area contributed by atoms with Crippen molar-refractivity contribution >= 4 is 5.91 Å². The SMILES string of the molecule is CCNC(=O)c1ccc(F)cc1C(F)(F)F. The highest BCUT2D eigenvalue weighted by atomic mass is 19.4. The molecule has 1 aromatic carbocycles. The summed E-state index contributed by atoms with van der Waals surface area (Å²) in [6.07, 6.45) is -4.75. The lowest BCUT2D eigenvalue weighted by molar-refractivity contribution is -0.138. The Bertz CT molecular complexity index is 400. The molecule has 0 bridgehead atoms. The first-order chi connectivity index (χ1) is 7.36. The van der Waals surface area contributed by atoms with Crippen molar-refractivity contribution in [3.63, 3.8) is 0 Å². The summed E-state index contributed by atoms with van der Waals surface area (Å²) in [5.74, 6) is -1.89. The first-order valence-corrected chi connectivity index (χ1v) is 4.51. The third-order valence-corrected chi connectivity index (χ3v) is 1.87. The molecule has 0 saturated heterocycles. The minimum atomic E-state index is -4.75. The van der Waals surface area contributed by atoms with Crippen LogP contribution < -0.4 is 5.32 Å². The molecule has 0 heterocycles. The zero-order chi connectivity index (χ0) is 12.3. The standard InChI is InChI=1S/C10H9F4NO/c1-2-15-9(16)7-4-3-6(11)5-8(7)10(12,13)14/h3-5H,2H2,1H3,(H,15,16). The van der Waals surface area contributed by atoms with Crippen LogP contribution in [0, 0.1) is 5.82 Å². The molecular weight excluding hydrogens is 226 g/mol. The van der Waals surface area contributed by atoms with Crippen LogP contribution >= 0.6 is 0 Å². The Balaban J connectivity index is 3.23. The van der Waals surface area contributed by atoms with Gasteiger partial charge in [0.05, 0.1) is 11.1 Å². The van der Waals surface area contributed by atoms with Gasteiger partial charge < -0.3 is 5.32 Å². The number of carbonyl (C=O) groups excluding carboxylic acids is 1. The summed E-state index contributed by atoms with van der Waals surface area (Å²) in [6, 6.07) is 1.95. The van der Waals surface area contributed by atoms with Gasteiger partial charge in [-0.1, -0.05) is 0 Å². The second-order valence-electron chi connectivity index (χ2n) is 3.05. The lowest BCUT2D eigenvalue weighted by Crippen LogP contribution is -2.26. The van der Waals surface area contributed by atoms with Crippen molar-refractivity contribution < 1.29 is 22.4 Å². The number of alkyl halides is 3. The van der Waals surface area contributed by atoms with Crippen LogP contribution in [0.4, 0.5) is 17.6 Å². The van der Waals surface area contributed by atoms with Crippen LogP contribution in [-0.2, 0) is 6.18 Å². The number of rotatable bonds is 2. The van der Waals surface area contributed by atoms with Crippen molar-refractivity contribution in [1.29, 1.82) is 0 Å². The number of hydrogen-bond acceptors (Lipinski definition) is 1. The fourth-order valence-corrected chi connectivity index (χ4v) is 1.20. The molecule has 6 heteroatoms. The Labute approximate surface area is 89.3 Å². The molecule has 0 saturated carbocycles. The lowest BCUT2D eigenvalue weighted by Gasteiger charge is -2.12. The molecule has 1 amide bonds. The van der Waals surface area contributed by atoms with Crippen LogP contribution in [0.2, 0.25) is 0 Å². The summed E-state index contributed by atoms with van der Waals surface area (Å²) < 4.78 is 50.1. The molecule has 1 aromatic rings. The van der Waals surface area contributed by atoms with E-state index in [0.29, 0.717) is 6.07 Å². The van der Waals surface area contributed by atoms with E-state index in [1.807, 2.05) is 0 Å². The second kappa shape index (κ2) is 4.51. The van der Waals surface area contributed by atoms with Crippen LogP contribution in [0.15, 0.2) is 18.2 Å². The summed E-state index contributed by atoms with van der Waals surface area (Å²) in [6.45, 7) is 1.78. The maximum atomic E-state index is 12.7. The second-order valence-corrected chi connectivity index (χ2v) is 3.05. The Kier molecular flexibility index (Phi) is 3.51. The number of nitrogens with one attached hydrogen (secondary N) is 1. The summed E-state index contributed by atoms with van der Waals surface area (Å²) in [5.41, 5.74) is -1.84. The average Bonchev–Trinajstić information content (AvgIpc) is 2.16. The minimum Gasteiger partial charge on any atom is -0.352 e. The lowest BCUT2D eigenvalue weighted by atomic mass is 10.1. The van der Waals surface area contributed by atoms with Gasteiger partial charge in [0.1, 0.15) is 5.82 Å². The fourth-order valence-electron chi connectivity index (χ4n) is 1.20. The summed E-state index contributed by atoms with van der Waals surface area (Å²) >= 11 is 0. The minimum absolute atomic E-state index is 0.202. The van der Waals surface area contributed by atoms with E-state index in [1.165, 1.54) is 0 Å². The highest BCUT2D eigenvalue weighted by Crippen LogP contribution is 2.32. The maximum Gasteiger partial charge on any atom is 0.417 e. The number of benzene rings is 1. The van der Waals surface area contributed by atoms with Crippen LogP contribution in [0.3, 0.4) is 0 Å². The molecule has 1 N–H and O–H groups in total. The van der Waals surface area contributed by atoms with Gasteiger partial charge in [-0.3, -0.25) is 4.79 Å². The molecule has 0 unspecified atom stereocenters. The molecule has 16 heavy (non-hydrogen) atoms. The predicted octanol–water partition coefficient (Wildman–Crippen LogP) is 2.59. The number of amides is 1. The largest absolute Gasteiger partial charge is 0.417 e. The topological polar surface area (TPSA) is 29.1 Å².